The van der Waals surface area contributed by atoms with Crippen molar-refractivity contribution in [1.82, 2.24) is 0 Å². The molecule has 0 amide bonds. The summed E-state index contributed by atoms with van der Waals surface area (Å²) in [7, 11) is 0. The van der Waals surface area contributed by atoms with Crippen molar-refractivity contribution in [2.24, 2.45) is 5.73 Å². The van der Waals surface area contributed by atoms with E-state index in [9.17, 15) is 0 Å². The molecule has 2 N–H and O–H groups in total. The topological polar surface area (TPSA) is 49.8 Å². The van der Waals surface area contributed by atoms with Gasteiger partial charge in [0, 0.05) is 6.04 Å². The number of nitrogens with two attached hydrogens (primary N) is 1. The van der Waals surface area contributed by atoms with Gasteiger partial charge >= 0.3 is 0 Å². The molecule has 2 nitrogen and oxygen atoms in total. The lowest BCUT2D eigenvalue weighted by Crippen LogP contribution is -2.04. The van der Waals surface area contributed by atoms with Crippen LogP contribution in [0.15, 0.2) is 11.4 Å². The van der Waals surface area contributed by atoms with E-state index in [1.807, 2.05) is 18.4 Å². The van der Waals surface area contributed by atoms with Crippen LogP contribution in [0.5, 0.6) is 0 Å². The minimum Gasteiger partial charge on any atom is -0.324 e. The van der Waals surface area contributed by atoms with E-state index in [0.717, 1.165) is 10.4 Å². The number of rotatable bonds is 1. The maximum atomic E-state index is 8.56. The van der Waals surface area contributed by atoms with Gasteiger partial charge in [-0.25, -0.2) is 0 Å². The summed E-state index contributed by atoms with van der Waals surface area (Å²) in [5, 5.41) is 10.4. The summed E-state index contributed by atoms with van der Waals surface area (Å²) < 4.78 is 0. The van der Waals surface area contributed by atoms with Crippen LogP contribution in [0, 0.1) is 11.3 Å². The van der Waals surface area contributed by atoms with Gasteiger partial charge in [-0.3, -0.25) is 0 Å². The van der Waals surface area contributed by atoms with Crippen LogP contribution in [0.2, 0.25) is 0 Å². The average molecular weight is 152 g/mol. The third kappa shape index (κ3) is 1.18. The highest BCUT2D eigenvalue weighted by Gasteiger charge is 2.05. The number of thiophene rings is 1. The Bertz CT molecular complexity index is 257. The fraction of sp³-hybridized carbons (Fsp3) is 0.286. The zero-order valence-corrected chi connectivity index (χ0v) is 6.48. The SMILES string of the molecule is C[C@H](N)c1ccsc1C#N. The van der Waals surface area contributed by atoms with Gasteiger partial charge in [0.1, 0.15) is 10.9 Å². The summed E-state index contributed by atoms with van der Waals surface area (Å²) >= 11 is 1.44. The summed E-state index contributed by atoms with van der Waals surface area (Å²) in [5.41, 5.74) is 6.54. The first-order chi connectivity index (χ1) is 4.75. The summed E-state index contributed by atoms with van der Waals surface area (Å²) in [5.74, 6) is 0. The molecular formula is C7H8N2S. The fourth-order valence-electron chi connectivity index (χ4n) is 0.769. The first-order valence-corrected chi connectivity index (χ1v) is 3.86. The second kappa shape index (κ2) is 2.82. The molecular weight excluding hydrogens is 144 g/mol. The minimum absolute atomic E-state index is 0.0269. The summed E-state index contributed by atoms with van der Waals surface area (Å²) in [6.45, 7) is 1.88. The molecule has 0 aliphatic carbocycles. The van der Waals surface area contributed by atoms with E-state index in [4.69, 9.17) is 11.0 Å². The van der Waals surface area contributed by atoms with Gasteiger partial charge < -0.3 is 5.73 Å². The molecule has 1 heterocycles. The molecule has 10 heavy (non-hydrogen) atoms. The van der Waals surface area contributed by atoms with Crippen molar-refractivity contribution in [2.45, 2.75) is 13.0 Å². The molecule has 1 aromatic heterocycles. The third-order valence-corrected chi connectivity index (χ3v) is 2.12. The van der Waals surface area contributed by atoms with Gasteiger partial charge in [0.15, 0.2) is 0 Å². The van der Waals surface area contributed by atoms with Gasteiger partial charge in [-0.05, 0) is 23.9 Å². The molecule has 0 saturated carbocycles. The van der Waals surface area contributed by atoms with E-state index in [0.29, 0.717) is 0 Å². The highest BCUT2D eigenvalue weighted by molar-refractivity contribution is 7.10. The lowest BCUT2D eigenvalue weighted by Gasteiger charge is -1.99. The first kappa shape index (κ1) is 7.26. The van der Waals surface area contributed by atoms with Crippen molar-refractivity contribution in [2.75, 3.05) is 0 Å². The van der Waals surface area contributed by atoms with E-state index < -0.39 is 0 Å². The van der Waals surface area contributed by atoms with E-state index in [-0.39, 0.29) is 6.04 Å². The molecule has 0 saturated heterocycles. The molecule has 0 aliphatic rings. The van der Waals surface area contributed by atoms with Crippen molar-refractivity contribution < 1.29 is 0 Å². The minimum atomic E-state index is -0.0269. The zero-order valence-electron chi connectivity index (χ0n) is 5.66. The second-order valence-corrected chi connectivity index (χ2v) is 3.02. The number of nitrogens with zero attached hydrogens (tertiary/aromatic N) is 1. The van der Waals surface area contributed by atoms with E-state index in [2.05, 4.69) is 6.07 Å². The van der Waals surface area contributed by atoms with Gasteiger partial charge in [0.2, 0.25) is 0 Å². The Hall–Kier alpha value is -0.850. The quantitative estimate of drug-likeness (QED) is 0.665. The highest BCUT2D eigenvalue weighted by atomic mass is 32.1. The zero-order chi connectivity index (χ0) is 7.56. The molecule has 0 fully saturated rings. The Balaban J connectivity index is 3.05. The third-order valence-electron chi connectivity index (χ3n) is 1.29. The lowest BCUT2D eigenvalue weighted by atomic mass is 10.1. The molecule has 52 valence electrons. The van der Waals surface area contributed by atoms with Gasteiger partial charge in [0.25, 0.3) is 0 Å². The Morgan fingerprint density at radius 3 is 2.90 bits per heavy atom. The van der Waals surface area contributed by atoms with Crippen molar-refractivity contribution in [3.05, 3.63) is 21.9 Å². The molecule has 0 spiro atoms. The Labute approximate surface area is 63.9 Å². The summed E-state index contributed by atoms with van der Waals surface area (Å²) in [6, 6.07) is 3.97. The molecule has 0 radical (unpaired) electrons. The van der Waals surface area contributed by atoms with Crippen molar-refractivity contribution in [3.63, 3.8) is 0 Å². The van der Waals surface area contributed by atoms with Crippen LogP contribution < -0.4 is 5.73 Å². The molecule has 1 rings (SSSR count). The largest absolute Gasteiger partial charge is 0.324 e. The number of hydrogen-bond donors (Lipinski definition) is 1. The van der Waals surface area contributed by atoms with Gasteiger partial charge in [-0.1, -0.05) is 0 Å². The maximum Gasteiger partial charge on any atom is 0.110 e. The molecule has 3 heteroatoms. The predicted octanol–water partition coefficient (Wildman–Crippen LogP) is 1.64. The number of hydrogen-bond acceptors (Lipinski definition) is 3. The predicted molar refractivity (Wildman–Crippen MR) is 41.6 cm³/mol. The van der Waals surface area contributed by atoms with Crippen molar-refractivity contribution in [3.8, 4) is 6.07 Å². The van der Waals surface area contributed by atoms with E-state index >= 15 is 0 Å². The maximum absolute atomic E-state index is 8.56. The van der Waals surface area contributed by atoms with Gasteiger partial charge in [0.05, 0.1) is 0 Å². The van der Waals surface area contributed by atoms with Crippen LogP contribution in [0.3, 0.4) is 0 Å². The molecule has 1 aromatic rings. The van der Waals surface area contributed by atoms with Gasteiger partial charge in [-0.2, -0.15) is 5.26 Å². The molecule has 0 aromatic carbocycles. The highest BCUT2D eigenvalue weighted by Crippen LogP contribution is 2.20. The van der Waals surface area contributed by atoms with Crippen LogP contribution >= 0.6 is 11.3 Å². The van der Waals surface area contributed by atoms with Gasteiger partial charge in [-0.15, -0.1) is 11.3 Å². The van der Waals surface area contributed by atoms with Crippen LogP contribution in [0.25, 0.3) is 0 Å². The molecule has 0 bridgehead atoms. The molecule has 0 unspecified atom stereocenters. The standard InChI is InChI=1S/C7H8N2S/c1-5(9)6-2-3-10-7(6)4-8/h2-3,5H,9H2,1H3/t5-/m0/s1. The van der Waals surface area contributed by atoms with Crippen LogP contribution in [0.1, 0.15) is 23.4 Å². The molecule has 0 aliphatic heterocycles. The normalized spacial score (nSPS) is 12.5. The van der Waals surface area contributed by atoms with E-state index in [1.165, 1.54) is 11.3 Å². The van der Waals surface area contributed by atoms with Crippen LogP contribution in [-0.2, 0) is 0 Å². The first-order valence-electron chi connectivity index (χ1n) is 2.98. The Morgan fingerprint density at radius 2 is 2.50 bits per heavy atom. The number of nitriles is 1. The van der Waals surface area contributed by atoms with E-state index in [1.54, 1.807) is 0 Å². The lowest BCUT2D eigenvalue weighted by molar-refractivity contribution is 0.820. The van der Waals surface area contributed by atoms with Crippen LogP contribution in [-0.4, -0.2) is 0 Å². The summed E-state index contributed by atoms with van der Waals surface area (Å²) in [4.78, 5) is 0.731. The smallest absolute Gasteiger partial charge is 0.110 e. The Morgan fingerprint density at radius 1 is 1.80 bits per heavy atom. The Kier molecular flexibility index (Phi) is 2.05. The second-order valence-electron chi connectivity index (χ2n) is 2.11. The van der Waals surface area contributed by atoms with Crippen molar-refractivity contribution in [1.29, 1.82) is 5.26 Å². The fourth-order valence-corrected chi connectivity index (χ4v) is 1.56. The monoisotopic (exact) mass is 152 g/mol. The average Bonchev–Trinajstić information content (AvgIpc) is 2.33. The van der Waals surface area contributed by atoms with Crippen molar-refractivity contribution >= 4 is 11.3 Å². The molecule has 1 atom stereocenters. The van der Waals surface area contributed by atoms with Crippen LogP contribution in [0.4, 0.5) is 0 Å². The summed E-state index contributed by atoms with van der Waals surface area (Å²) in [6.07, 6.45) is 0.